The highest BCUT2D eigenvalue weighted by Gasteiger charge is 2.53. The first kappa shape index (κ1) is 21.0. The highest BCUT2D eigenvalue weighted by atomic mass is 19.4. The summed E-state index contributed by atoms with van der Waals surface area (Å²) in [4.78, 5) is 24.5. The molecule has 1 unspecified atom stereocenters. The predicted octanol–water partition coefficient (Wildman–Crippen LogP) is 2.27. The molecule has 3 atom stereocenters. The minimum absolute atomic E-state index is 0.0674. The molecule has 1 aromatic rings. The molecule has 27 heavy (non-hydrogen) atoms. The van der Waals surface area contributed by atoms with Gasteiger partial charge in [0.1, 0.15) is 0 Å². The van der Waals surface area contributed by atoms with Crippen LogP contribution in [0.2, 0.25) is 0 Å². The molecule has 1 saturated heterocycles. The molecule has 1 aliphatic heterocycles. The number of halogens is 3. The van der Waals surface area contributed by atoms with Crippen molar-refractivity contribution in [2.45, 2.75) is 31.5 Å². The Labute approximate surface area is 155 Å². The quantitative estimate of drug-likeness (QED) is 0.669. The molecule has 1 heterocycles. The topological polar surface area (TPSA) is 89.9 Å². The van der Waals surface area contributed by atoms with E-state index in [2.05, 4.69) is 5.32 Å². The molecule has 2 amide bonds. The van der Waals surface area contributed by atoms with Crippen LogP contribution in [-0.2, 0) is 11.2 Å². The van der Waals surface area contributed by atoms with Gasteiger partial charge in [-0.05, 0) is 24.8 Å². The molecule has 6 nitrogen and oxygen atoms in total. The van der Waals surface area contributed by atoms with Crippen molar-refractivity contribution in [3.05, 3.63) is 35.9 Å². The Hall–Kier alpha value is -2.29. The summed E-state index contributed by atoms with van der Waals surface area (Å²) in [5.74, 6) is -5.31. The number of nitrogens with one attached hydrogen (secondary N) is 1. The summed E-state index contributed by atoms with van der Waals surface area (Å²) in [6.45, 7) is -1.23. The third kappa shape index (κ3) is 5.85. The molecule has 2 rings (SSSR count). The van der Waals surface area contributed by atoms with Crippen molar-refractivity contribution in [2.75, 3.05) is 19.7 Å². The molecule has 150 valence electrons. The van der Waals surface area contributed by atoms with E-state index in [0.717, 1.165) is 10.5 Å². The fourth-order valence-corrected chi connectivity index (χ4v) is 3.28. The number of carboxylic acid groups (broad SMARTS) is 1. The van der Waals surface area contributed by atoms with Gasteiger partial charge in [0.25, 0.3) is 0 Å². The van der Waals surface area contributed by atoms with Crippen molar-refractivity contribution >= 4 is 12.0 Å². The van der Waals surface area contributed by atoms with Gasteiger partial charge in [0.05, 0.1) is 11.8 Å². The zero-order valence-electron chi connectivity index (χ0n) is 14.7. The van der Waals surface area contributed by atoms with Gasteiger partial charge in [-0.1, -0.05) is 30.3 Å². The van der Waals surface area contributed by atoms with Gasteiger partial charge in [0.2, 0.25) is 0 Å². The van der Waals surface area contributed by atoms with E-state index < -0.39 is 43.1 Å². The van der Waals surface area contributed by atoms with E-state index in [1.807, 2.05) is 30.3 Å². The second-order valence-corrected chi connectivity index (χ2v) is 6.70. The number of carbonyl (C=O) groups is 2. The first-order chi connectivity index (χ1) is 12.7. The SMILES string of the molecule is O=C(O)[C@@H]1CN(C(=O)NC(CCCO)Cc2ccccc2)C[C@H]1C(F)(F)F. The van der Waals surface area contributed by atoms with Gasteiger partial charge < -0.3 is 20.4 Å². The lowest BCUT2D eigenvalue weighted by Crippen LogP contribution is -2.45. The zero-order chi connectivity index (χ0) is 20.0. The Morgan fingerprint density at radius 3 is 2.41 bits per heavy atom. The molecule has 1 fully saturated rings. The first-order valence-corrected chi connectivity index (χ1v) is 8.72. The number of nitrogens with zero attached hydrogens (tertiary/aromatic N) is 1. The number of benzene rings is 1. The van der Waals surface area contributed by atoms with Gasteiger partial charge in [-0.25, -0.2) is 4.79 Å². The van der Waals surface area contributed by atoms with Crippen LogP contribution in [0.15, 0.2) is 30.3 Å². The van der Waals surface area contributed by atoms with Crippen LogP contribution >= 0.6 is 0 Å². The molecule has 0 aromatic heterocycles. The number of aliphatic carboxylic acids is 1. The number of amides is 2. The number of likely N-dealkylation sites (tertiary alicyclic amines) is 1. The van der Waals surface area contributed by atoms with Crippen LogP contribution in [0.3, 0.4) is 0 Å². The number of aliphatic hydroxyl groups excluding tert-OH is 1. The maximum atomic E-state index is 13.1. The van der Waals surface area contributed by atoms with Crippen molar-refractivity contribution in [1.82, 2.24) is 10.2 Å². The zero-order valence-corrected chi connectivity index (χ0v) is 14.7. The lowest BCUT2D eigenvalue weighted by Gasteiger charge is -2.24. The van der Waals surface area contributed by atoms with Crippen molar-refractivity contribution in [3.63, 3.8) is 0 Å². The molecule has 3 N–H and O–H groups in total. The molecule has 0 radical (unpaired) electrons. The van der Waals surface area contributed by atoms with Gasteiger partial charge >= 0.3 is 18.2 Å². The highest BCUT2D eigenvalue weighted by molar-refractivity contribution is 5.78. The average Bonchev–Trinajstić information content (AvgIpc) is 3.07. The summed E-state index contributed by atoms with van der Waals surface area (Å²) >= 11 is 0. The Balaban J connectivity index is 2.04. The maximum Gasteiger partial charge on any atom is 0.394 e. The fraction of sp³-hybridized carbons (Fsp3) is 0.556. The van der Waals surface area contributed by atoms with Crippen LogP contribution in [0.1, 0.15) is 18.4 Å². The minimum atomic E-state index is -4.68. The van der Waals surface area contributed by atoms with Gasteiger partial charge in [0.15, 0.2) is 0 Å². The third-order valence-corrected chi connectivity index (χ3v) is 4.71. The number of hydrogen-bond acceptors (Lipinski definition) is 3. The van der Waals surface area contributed by atoms with Crippen molar-refractivity contribution in [1.29, 1.82) is 0 Å². The fourth-order valence-electron chi connectivity index (χ4n) is 3.28. The number of carbonyl (C=O) groups excluding carboxylic acids is 1. The summed E-state index contributed by atoms with van der Waals surface area (Å²) in [5, 5.41) is 20.8. The number of rotatable bonds is 7. The normalized spacial score (nSPS) is 21.1. The molecule has 0 bridgehead atoms. The molecule has 1 aromatic carbocycles. The molecule has 0 saturated carbocycles. The van der Waals surface area contributed by atoms with Crippen LogP contribution in [0.4, 0.5) is 18.0 Å². The molecule has 0 aliphatic carbocycles. The van der Waals surface area contributed by atoms with Crippen molar-refractivity contribution in [3.8, 4) is 0 Å². The van der Waals surface area contributed by atoms with Crippen molar-refractivity contribution < 1.29 is 33.0 Å². The lowest BCUT2D eigenvalue weighted by atomic mass is 9.96. The first-order valence-electron chi connectivity index (χ1n) is 8.72. The molecular formula is C18H23F3N2O4. The lowest BCUT2D eigenvalue weighted by molar-refractivity contribution is -0.187. The van der Waals surface area contributed by atoms with Crippen LogP contribution in [0, 0.1) is 11.8 Å². The summed E-state index contributed by atoms with van der Waals surface area (Å²) in [7, 11) is 0. The van der Waals surface area contributed by atoms with E-state index in [1.54, 1.807) is 0 Å². The molecular weight excluding hydrogens is 365 g/mol. The predicted molar refractivity (Wildman–Crippen MR) is 91.0 cm³/mol. The Bertz CT molecular complexity index is 639. The highest BCUT2D eigenvalue weighted by Crippen LogP contribution is 2.37. The van der Waals surface area contributed by atoms with E-state index in [4.69, 9.17) is 10.2 Å². The molecule has 9 heteroatoms. The maximum absolute atomic E-state index is 13.1. The van der Waals surface area contributed by atoms with E-state index in [0.29, 0.717) is 19.3 Å². The van der Waals surface area contributed by atoms with Gasteiger partial charge in [-0.3, -0.25) is 4.79 Å². The van der Waals surface area contributed by atoms with Gasteiger partial charge in [-0.15, -0.1) is 0 Å². The van der Waals surface area contributed by atoms with E-state index in [-0.39, 0.29) is 12.6 Å². The Morgan fingerprint density at radius 2 is 1.89 bits per heavy atom. The van der Waals surface area contributed by atoms with Gasteiger partial charge in [-0.2, -0.15) is 13.2 Å². The van der Waals surface area contributed by atoms with E-state index in [9.17, 15) is 22.8 Å². The smallest absolute Gasteiger partial charge is 0.394 e. The van der Waals surface area contributed by atoms with Crippen LogP contribution in [0.25, 0.3) is 0 Å². The second kappa shape index (κ2) is 9.07. The van der Waals surface area contributed by atoms with E-state index in [1.165, 1.54) is 0 Å². The summed E-state index contributed by atoms with van der Waals surface area (Å²) in [6, 6.07) is 8.17. The van der Waals surface area contributed by atoms with Crippen LogP contribution in [0.5, 0.6) is 0 Å². The average molecular weight is 388 g/mol. The van der Waals surface area contributed by atoms with Gasteiger partial charge in [0, 0.05) is 25.7 Å². The van der Waals surface area contributed by atoms with Crippen LogP contribution in [-0.4, -0.2) is 59.0 Å². The number of urea groups is 1. The molecule has 1 aliphatic rings. The second-order valence-electron chi connectivity index (χ2n) is 6.70. The van der Waals surface area contributed by atoms with Crippen molar-refractivity contribution in [2.24, 2.45) is 11.8 Å². The largest absolute Gasteiger partial charge is 0.481 e. The Kier molecular flexibility index (Phi) is 7.06. The summed E-state index contributed by atoms with van der Waals surface area (Å²) in [5.41, 5.74) is 0.943. The Morgan fingerprint density at radius 1 is 1.22 bits per heavy atom. The molecule has 0 spiro atoms. The number of carboxylic acids is 1. The minimum Gasteiger partial charge on any atom is -0.481 e. The van der Waals surface area contributed by atoms with E-state index >= 15 is 0 Å². The standard InChI is InChI=1S/C18H23F3N2O4/c19-18(20,21)15-11-23(10-14(15)16(25)26)17(27)22-13(7-4-8-24)9-12-5-2-1-3-6-12/h1-3,5-6,13-15,24H,4,7-11H2,(H,22,27)(H,25,26)/t13?,14-,15-/m1/s1. The monoisotopic (exact) mass is 388 g/mol. The number of alkyl halides is 3. The summed E-state index contributed by atoms with van der Waals surface area (Å²) in [6.07, 6.45) is -3.33. The number of aliphatic hydroxyl groups is 1. The van der Waals surface area contributed by atoms with Crippen LogP contribution < -0.4 is 5.32 Å². The summed E-state index contributed by atoms with van der Waals surface area (Å²) < 4.78 is 39.2. The number of hydrogen-bond donors (Lipinski definition) is 3. The third-order valence-electron chi connectivity index (χ3n) is 4.71.